The Balaban J connectivity index is 2.03. The van der Waals surface area contributed by atoms with Crippen molar-refractivity contribution in [2.24, 2.45) is 5.92 Å². The SMILES string of the molecule is Nc1c(F)cc(F)cc1NCC1CCS(=O)(=O)C1. The number of halogens is 2. The van der Waals surface area contributed by atoms with Gasteiger partial charge in [0.05, 0.1) is 22.9 Å². The third kappa shape index (κ3) is 2.90. The van der Waals surface area contributed by atoms with E-state index in [0.29, 0.717) is 19.0 Å². The van der Waals surface area contributed by atoms with Gasteiger partial charge < -0.3 is 11.1 Å². The molecule has 4 nitrogen and oxygen atoms in total. The van der Waals surface area contributed by atoms with Crippen molar-refractivity contribution in [3.8, 4) is 0 Å². The standard InChI is InChI=1S/C11H14F2N2O2S/c12-8-3-9(13)11(14)10(4-8)15-5-7-1-2-18(16,17)6-7/h3-4,7,15H,1-2,5-6,14H2. The maximum atomic E-state index is 13.2. The summed E-state index contributed by atoms with van der Waals surface area (Å²) in [6.45, 7) is 0.340. The van der Waals surface area contributed by atoms with Crippen molar-refractivity contribution < 1.29 is 17.2 Å². The van der Waals surface area contributed by atoms with E-state index in [0.717, 1.165) is 6.07 Å². The lowest BCUT2D eigenvalue weighted by atomic mass is 10.1. The maximum absolute atomic E-state index is 13.2. The smallest absolute Gasteiger partial charge is 0.151 e. The predicted molar refractivity (Wildman–Crippen MR) is 66.0 cm³/mol. The Hall–Kier alpha value is -1.37. The molecule has 0 saturated carbocycles. The Bertz CT molecular complexity index is 560. The normalized spacial score (nSPS) is 22.0. The first-order valence-corrected chi connectivity index (χ1v) is 7.38. The molecule has 0 aromatic heterocycles. The summed E-state index contributed by atoms with van der Waals surface area (Å²) < 4.78 is 48.7. The Morgan fingerprint density at radius 3 is 2.72 bits per heavy atom. The first-order valence-electron chi connectivity index (χ1n) is 5.56. The van der Waals surface area contributed by atoms with Gasteiger partial charge in [-0.15, -0.1) is 0 Å². The van der Waals surface area contributed by atoms with E-state index < -0.39 is 21.5 Å². The van der Waals surface area contributed by atoms with Gasteiger partial charge in [0.2, 0.25) is 0 Å². The predicted octanol–water partition coefficient (Wildman–Crippen LogP) is 1.39. The molecule has 1 aliphatic heterocycles. The van der Waals surface area contributed by atoms with Crippen LogP contribution in [-0.4, -0.2) is 26.5 Å². The van der Waals surface area contributed by atoms with Crippen molar-refractivity contribution in [1.29, 1.82) is 0 Å². The number of hydrogen-bond acceptors (Lipinski definition) is 4. The molecular weight excluding hydrogens is 262 g/mol. The molecule has 0 spiro atoms. The van der Waals surface area contributed by atoms with Crippen LogP contribution in [0.2, 0.25) is 0 Å². The zero-order valence-corrected chi connectivity index (χ0v) is 10.4. The number of nitrogen functional groups attached to an aromatic ring is 1. The lowest BCUT2D eigenvalue weighted by Crippen LogP contribution is -2.16. The number of anilines is 2. The van der Waals surface area contributed by atoms with Crippen LogP contribution < -0.4 is 11.1 Å². The topological polar surface area (TPSA) is 72.2 Å². The van der Waals surface area contributed by atoms with E-state index in [1.165, 1.54) is 0 Å². The Morgan fingerprint density at radius 1 is 1.39 bits per heavy atom. The molecule has 1 aromatic carbocycles. The zero-order chi connectivity index (χ0) is 13.3. The second-order valence-corrected chi connectivity index (χ2v) is 6.73. The van der Waals surface area contributed by atoms with E-state index in [9.17, 15) is 17.2 Å². The quantitative estimate of drug-likeness (QED) is 0.818. The molecule has 1 saturated heterocycles. The molecule has 1 aromatic rings. The summed E-state index contributed by atoms with van der Waals surface area (Å²) in [6.07, 6.45) is 0.563. The second kappa shape index (κ2) is 4.72. The van der Waals surface area contributed by atoms with Crippen LogP contribution in [0.25, 0.3) is 0 Å². The van der Waals surface area contributed by atoms with Gasteiger partial charge in [0.1, 0.15) is 5.82 Å². The molecule has 1 heterocycles. The van der Waals surface area contributed by atoms with Crippen LogP contribution in [0.3, 0.4) is 0 Å². The molecule has 0 aliphatic carbocycles. The highest BCUT2D eigenvalue weighted by Gasteiger charge is 2.27. The minimum absolute atomic E-state index is 0.0410. The largest absolute Gasteiger partial charge is 0.395 e. The van der Waals surface area contributed by atoms with Crippen LogP contribution in [0.4, 0.5) is 20.2 Å². The van der Waals surface area contributed by atoms with Crippen LogP contribution in [0.15, 0.2) is 12.1 Å². The van der Waals surface area contributed by atoms with Gasteiger partial charge in [0.25, 0.3) is 0 Å². The fourth-order valence-electron chi connectivity index (χ4n) is 2.02. The summed E-state index contributed by atoms with van der Waals surface area (Å²) in [4.78, 5) is 0. The van der Waals surface area contributed by atoms with Gasteiger partial charge in [0.15, 0.2) is 15.7 Å². The Kier molecular flexibility index (Phi) is 3.43. The van der Waals surface area contributed by atoms with E-state index >= 15 is 0 Å². The van der Waals surface area contributed by atoms with E-state index in [2.05, 4.69) is 5.32 Å². The van der Waals surface area contributed by atoms with E-state index in [4.69, 9.17) is 5.73 Å². The Labute approximate surface area is 104 Å². The third-order valence-electron chi connectivity index (χ3n) is 3.00. The van der Waals surface area contributed by atoms with Crippen molar-refractivity contribution >= 4 is 21.2 Å². The molecule has 100 valence electrons. The molecule has 1 atom stereocenters. The van der Waals surface area contributed by atoms with Crippen LogP contribution in [0.1, 0.15) is 6.42 Å². The van der Waals surface area contributed by atoms with Gasteiger partial charge in [0, 0.05) is 12.6 Å². The van der Waals surface area contributed by atoms with Gasteiger partial charge in [-0.05, 0) is 18.4 Å². The molecule has 0 amide bonds. The van der Waals surface area contributed by atoms with Crippen LogP contribution in [0.5, 0.6) is 0 Å². The van der Waals surface area contributed by atoms with Gasteiger partial charge in [-0.3, -0.25) is 0 Å². The highest BCUT2D eigenvalue weighted by molar-refractivity contribution is 7.91. The summed E-state index contributed by atoms with van der Waals surface area (Å²) >= 11 is 0. The summed E-state index contributed by atoms with van der Waals surface area (Å²) in [7, 11) is -2.95. The van der Waals surface area contributed by atoms with Crippen molar-refractivity contribution in [2.75, 3.05) is 29.1 Å². The fourth-order valence-corrected chi connectivity index (χ4v) is 3.88. The fraction of sp³-hybridized carbons (Fsp3) is 0.455. The van der Waals surface area contributed by atoms with Gasteiger partial charge in [-0.1, -0.05) is 0 Å². The second-order valence-electron chi connectivity index (χ2n) is 4.50. The Morgan fingerprint density at radius 2 is 2.11 bits per heavy atom. The van der Waals surface area contributed by atoms with Crippen LogP contribution in [-0.2, 0) is 9.84 Å². The molecule has 1 unspecified atom stereocenters. The number of benzene rings is 1. The summed E-state index contributed by atoms with van der Waals surface area (Å²) in [5.74, 6) is -1.30. The number of sulfone groups is 1. The average molecular weight is 276 g/mol. The van der Waals surface area contributed by atoms with Crippen molar-refractivity contribution in [2.45, 2.75) is 6.42 Å². The number of rotatable bonds is 3. The minimum atomic E-state index is -2.95. The monoisotopic (exact) mass is 276 g/mol. The highest BCUT2D eigenvalue weighted by atomic mass is 32.2. The molecule has 0 radical (unpaired) electrons. The molecule has 18 heavy (non-hydrogen) atoms. The molecule has 7 heteroatoms. The molecule has 1 aliphatic rings. The van der Waals surface area contributed by atoms with Crippen LogP contribution in [0, 0.1) is 17.6 Å². The van der Waals surface area contributed by atoms with Crippen molar-refractivity contribution in [1.82, 2.24) is 0 Å². The first kappa shape index (κ1) is 13.1. The molecule has 0 bridgehead atoms. The lowest BCUT2D eigenvalue weighted by Gasteiger charge is -2.13. The summed E-state index contributed by atoms with van der Waals surface area (Å²) in [6, 6.07) is 1.81. The lowest BCUT2D eigenvalue weighted by molar-refractivity contribution is 0.584. The molecule has 1 fully saturated rings. The van der Waals surface area contributed by atoms with Gasteiger partial charge in [-0.2, -0.15) is 0 Å². The molecule has 3 N–H and O–H groups in total. The first-order chi connectivity index (χ1) is 8.37. The molecular formula is C11H14F2N2O2S. The average Bonchev–Trinajstić information content (AvgIpc) is 2.61. The van der Waals surface area contributed by atoms with Gasteiger partial charge in [-0.25, -0.2) is 17.2 Å². The van der Waals surface area contributed by atoms with E-state index in [-0.39, 0.29) is 28.8 Å². The summed E-state index contributed by atoms with van der Waals surface area (Å²) in [5, 5.41) is 2.80. The maximum Gasteiger partial charge on any atom is 0.151 e. The van der Waals surface area contributed by atoms with Crippen molar-refractivity contribution in [3.05, 3.63) is 23.8 Å². The zero-order valence-electron chi connectivity index (χ0n) is 9.62. The van der Waals surface area contributed by atoms with Crippen molar-refractivity contribution in [3.63, 3.8) is 0 Å². The van der Waals surface area contributed by atoms with E-state index in [1.807, 2.05) is 0 Å². The highest BCUT2D eigenvalue weighted by Crippen LogP contribution is 2.25. The third-order valence-corrected chi connectivity index (χ3v) is 4.84. The number of nitrogens with two attached hydrogens (primary N) is 1. The van der Waals surface area contributed by atoms with Crippen LogP contribution >= 0.6 is 0 Å². The number of hydrogen-bond donors (Lipinski definition) is 2. The van der Waals surface area contributed by atoms with Gasteiger partial charge >= 0.3 is 0 Å². The summed E-state index contributed by atoms with van der Waals surface area (Å²) in [5.41, 5.74) is 5.48. The van der Waals surface area contributed by atoms with E-state index in [1.54, 1.807) is 0 Å². The number of nitrogens with one attached hydrogen (secondary N) is 1. The molecule has 2 rings (SSSR count). The minimum Gasteiger partial charge on any atom is -0.395 e.